The van der Waals surface area contributed by atoms with Crippen LogP contribution in [0.25, 0.3) is 11.0 Å². The van der Waals surface area contributed by atoms with Crippen molar-refractivity contribution in [1.29, 1.82) is 0 Å². The molecule has 0 aliphatic carbocycles. The molecule has 0 saturated carbocycles. The van der Waals surface area contributed by atoms with Crippen molar-refractivity contribution in [2.24, 2.45) is 0 Å². The third-order valence-electron chi connectivity index (χ3n) is 2.90. The lowest BCUT2D eigenvalue weighted by molar-refractivity contribution is 0.299. The molecule has 1 aromatic carbocycles. The summed E-state index contributed by atoms with van der Waals surface area (Å²) in [5.74, 6) is 1.14. The van der Waals surface area contributed by atoms with Gasteiger partial charge in [-0.3, -0.25) is 4.90 Å². The summed E-state index contributed by atoms with van der Waals surface area (Å²) in [5, 5.41) is 0.921. The molecule has 0 unspecified atom stereocenters. The Labute approximate surface area is 121 Å². The van der Waals surface area contributed by atoms with Crippen LogP contribution in [0, 0.1) is 0 Å². The molecule has 3 nitrogen and oxygen atoms in total. The summed E-state index contributed by atoms with van der Waals surface area (Å²) in [5.41, 5.74) is 1.36. The third-order valence-corrected chi connectivity index (χ3v) is 3.23. The zero-order valence-electron chi connectivity index (χ0n) is 10.4. The SMILES string of the molecule is O=c1ccc2ccc(CN(CCCl)CCCl)cc2o1. The number of fused-ring (bicyclic) bond motifs is 1. The van der Waals surface area contributed by atoms with Gasteiger partial charge in [-0.1, -0.05) is 12.1 Å². The predicted octanol–water partition coefficient (Wildman–Crippen LogP) is 3.07. The average molecular weight is 300 g/mol. The van der Waals surface area contributed by atoms with Gasteiger partial charge in [-0.15, -0.1) is 23.2 Å². The molecular formula is C14H15Cl2NO2. The zero-order valence-corrected chi connectivity index (χ0v) is 12.0. The van der Waals surface area contributed by atoms with E-state index in [0.717, 1.165) is 30.6 Å². The van der Waals surface area contributed by atoms with Crippen LogP contribution in [0.2, 0.25) is 0 Å². The van der Waals surface area contributed by atoms with Crippen molar-refractivity contribution in [2.75, 3.05) is 24.8 Å². The molecule has 0 aliphatic heterocycles. The molecule has 2 aromatic rings. The first-order chi connectivity index (χ1) is 9.22. The van der Waals surface area contributed by atoms with E-state index in [9.17, 15) is 4.79 Å². The number of rotatable bonds is 6. The normalized spacial score (nSPS) is 11.3. The Balaban J connectivity index is 2.22. The van der Waals surface area contributed by atoms with Gasteiger partial charge in [-0.25, -0.2) is 4.79 Å². The number of hydrogen-bond acceptors (Lipinski definition) is 3. The van der Waals surface area contributed by atoms with Gasteiger partial charge in [0.1, 0.15) is 5.58 Å². The number of alkyl halides is 2. The highest BCUT2D eigenvalue weighted by Crippen LogP contribution is 2.15. The molecule has 19 heavy (non-hydrogen) atoms. The second kappa shape index (κ2) is 6.94. The first-order valence-electron chi connectivity index (χ1n) is 6.10. The minimum atomic E-state index is -0.331. The molecule has 5 heteroatoms. The van der Waals surface area contributed by atoms with Gasteiger partial charge < -0.3 is 4.42 Å². The molecule has 0 spiro atoms. The summed E-state index contributed by atoms with van der Waals surface area (Å²) < 4.78 is 5.18. The Kier molecular flexibility index (Phi) is 5.25. The third kappa shape index (κ3) is 3.96. The van der Waals surface area contributed by atoms with E-state index >= 15 is 0 Å². The van der Waals surface area contributed by atoms with Crippen molar-refractivity contribution in [2.45, 2.75) is 6.54 Å². The van der Waals surface area contributed by atoms with Gasteiger partial charge >= 0.3 is 5.63 Å². The van der Waals surface area contributed by atoms with Crippen LogP contribution in [-0.4, -0.2) is 29.7 Å². The first kappa shape index (κ1) is 14.4. The van der Waals surface area contributed by atoms with E-state index < -0.39 is 0 Å². The molecule has 1 aromatic heterocycles. The number of hydrogen-bond donors (Lipinski definition) is 0. The zero-order chi connectivity index (χ0) is 13.7. The maximum atomic E-state index is 11.2. The summed E-state index contributed by atoms with van der Waals surface area (Å²) >= 11 is 11.5. The van der Waals surface area contributed by atoms with Crippen molar-refractivity contribution >= 4 is 34.2 Å². The Morgan fingerprint density at radius 1 is 1.05 bits per heavy atom. The summed E-state index contributed by atoms with van der Waals surface area (Å²) in [4.78, 5) is 13.4. The molecule has 2 rings (SSSR count). The molecule has 0 aliphatic rings. The van der Waals surface area contributed by atoms with Crippen LogP contribution < -0.4 is 5.63 Å². The fourth-order valence-corrected chi connectivity index (χ4v) is 2.45. The van der Waals surface area contributed by atoms with E-state index in [-0.39, 0.29) is 5.63 Å². The fraction of sp³-hybridized carbons (Fsp3) is 0.357. The van der Waals surface area contributed by atoms with Gasteiger partial charge in [-0.2, -0.15) is 0 Å². The molecule has 0 saturated heterocycles. The van der Waals surface area contributed by atoms with E-state index in [0.29, 0.717) is 17.3 Å². The van der Waals surface area contributed by atoms with E-state index in [2.05, 4.69) is 4.90 Å². The topological polar surface area (TPSA) is 33.5 Å². The lowest BCUT2D eigenvalue weighted by Gasteiger charge is -2.20. The van der Waals surface area contributed by atoms with Gasteiger partial charge in [0.05, 0.1) is 0 Å². The maximum absolute atomic E-state index is 11.2. The van der Waals surface area contributed by atoms with Crippen LogP contribution in [-0.2, 0) is 6.54 Å². The highest BCUT2D eigenvalue weighted by molar-refractivity contribution is 6.18. The smallest absolute Gasteiger partial charge is 0.336 e. The van der Waals surface area contributed by atoms with Crippen molar-refractivity contribution in [3.8, 4) is 0 Å². The highest BCUT2D eigenvalue weighted by Gasteiger charge is 2.06. The molecule has 1 heterocycles. The van der Waals surface area contributed by atoms with Crippen LogP contribution in [0.3, 0.4) is 0 Å². The molecular weight excluding hydrogens is 285 g/mol. The Morgan fingerprint density at radius 2 is 1.74 bits per heavy atom. The molecule has 0 N–H and O–H groups in total. The first-order valence-corrected chi connectivity index (χ1v) is 7.17. The van der Waals surface area contributed by atoms with Gasteiger partial charge in [0.25, 0.3) is 0 Å². The standard InChI is InChI=1S/C14H15Cl2NO2/c15-5-7-17(8-6-16)10-11-1-2-12-3-4-14(18)19-13(12)9-11/h1-4,9H,5-8,10H2. The van der Waals surface area contributed by atoms with Gasteiger partial charge in [0.15, 0.2) is 0 Å². The van der Waals surface area contributed by atoms with Crippen LogP contribution >= 0.6 is 23.2 Å². The average Bonchev–Trinajstić information content (AvgIpc) is 2.39. The molecule has 102 valence electrons. The predicted molar refractivity (Wildman–Crippen MR) is 79.2 cm³/mol. The minimum Gasteiger partial charge on any atom is -0.423 e. The largest absolute Gasteiger partial charge is 0.423 e. The molecule has 0 atom stereocenters. The Morgan fingerprint density at radius 3 is 2.42 bits per heavy atom. The minimum absolute atomic E-state index is 0.331. The second-order valence-electron chi connectivity index (χ2n) is 4.28. The summed E-state index contributed by atoms with van der Waals surface area (Å²) in [6.07, 6.45) is 0. The van der Waals surface area contributed by atoms with Crippen molar-refractivity contribution in [3.05, 3.63) is 46.3 Å². The molecule has 0 radical (unpaired) electrons. The lowest BCUT2D eigenvalue weighted by atomic mass is 10.1. The summed E-state index contributed by atoms with van der Waals surface area (Å²) in [6, 6.07) is 9.06. The van der Waals surface area contributed by atoms with Crippen molar-refractivity contribution in [1.82, 2.24) is 4.90 Å². The van der Waals surface area contributed by atoms with E-state index in [4.69, 9.17) is 27.6 Å². The van der Waals surface area contributed by atoms with E-state index in [1.54, 1.807) is 6.07 Å². The van der Waals surface area contributed by atoms with Gasteiger partial charge in [-0.05, 0) is 17.7 Å². The van der Waals surface area contributed by atoms with Gasteiger partial charge in [0.2, 0.25) is 0 Å². The van der Waals surface area contributed by atoms with Gasteiger partial charge in [0, 0.05) is 42.8 Å². The van der Waals surface area contributed by atoms with Crippen molar-refractivity contribution in [3.63, 3.8) is 0 Å². The quantitative estimate of drug-likeness (QED) is 0.607. The lowest BCUT2D eigenvalue weighted by Crippen LogP contribution is -2.27. The van der Waals surface area contributed by atoms with Crippen LogP contribution in [0.15, 0.2) is 39.5 Å². The van der Waals surface area contributed by atoms with E-state index in [1.165, 1.54) is 6.07 Å². The summed E-state index contributed by atoms with van der Waals surface area (Å²) in [6.45, 7) is 2.31. The number of benzene rings is 1. The maximum Gasteiger partial charge on any atom is 0.336 e. The number of halogens is 2. The van der Waals surface area contributed by atoms with Crippen molar-refractivity contribution < 1.29 is 4.42 Å². The Hall–Kier alpha value is -1.03. The fourth-order valence-electron chi connectivity index (χ4n) is 1.97. The highest BCUT2D eigenvalue weighted by atomic mass is 35.5. The molecule has 0 fully saturated rings. The van der Waals surface area contributed by atoms with E-state index in [1.807, 2.05) is 18.2 Å². The molecule has 0 bridgehead atoms. The monoisotopic (exact) mass is 299 g/mol. The van der Waals surface area contributed by atoms with Crippen LogP contribution in [0.1, 0.15) is 5.56 Å². The molecule has 0 amide bonds. The summed E-state index contributed by atoms with van der Waals surface area (Å²) in [7, 11) is 0. The van der Waals surface area contributed by atoms with Crippen LogP contribution in [0.5, 0.6) is 0 Å². The Bertz CT molecular complexity index is 591. The second-order valence-corrected chi connectivity index (χ2v) is 5.04. The van der Waals surface area contributed by atoms with Crippen LogP contribution in [0.4, 0.5) is 0 Å². The number of nitrogens with zero attached hydrogens (tertiary/aromatic N) is 1.